The molecule has 0 aromatic rings. The summed E-state index contributed by atoms with van der Waals surface area (Å²) < 4.78 is 6.04. The second kappa shape index (κ2) is 4.80. The summed E-state index contributed by atoms with van der Waals surface area (Å²) in [5.41, 5.74) is 0. The molecule has 0 radical (unpaired) electrons. The van der Waals surface area contributed by atoms with Crippen molar-refractivity contribution in [2.45, 2.75) is 0 Å². The molecule has 2 nitrogen and oxygen atoms in total. The molecular weight excluding hydrogens is 205 g/mol. The van der Waals surface area contributed by atoms with Gasteiger partial charge in [0.1, 0.15) is 0 Å². The van der Waals surface area contributed by atoms with E-state index >= 15 is 0 Å². The van der Waals surface area contributed by atoms with Gasteiger partial charge < -0.3 is 0 Å². The molecule has 46 valence electrons. The van der Waals surface area contributed by atoms with Crippen molar-refractivity contribution in [3.63, 3.8) is 0 Å². The molecule has 0 fully saturated rings. The molecule has 0 N–H and O–H groups in total. The van der Waals surface area contributed by atoms with E-state index in [4.69, 9.17) is 3.07 Å². The maximum atomic E-state index is 4.92. The Morgan fingerprint density at radius 1 is 1.57 bits per heavy atom. The first-order valence-electron chi connectivity index (χ1n) is 2.04. The Morgan fingerprint density at radius 2 is 2.14 bits per heavy atom. The molecule has 0 atom stereocenters. The fraction of sp³-hybridized carbons (Fsp3) is 1.00. The zero-order valence-electron chi connectivity index (χ0n) is 4.94. The topological polar surface area (TPSA) is 12.5 Å². The summed E-state index contributed by atoms with van der Waals surface area (Å²) in [5.74, 6) is 0. The molecule has 0 aromatic heterocycles. The molecule has 0 aromatic carbocycles. The summed E-state index contributed by atoms with van der Waals surface area (Å²) in [6, 6.07) is 0. The van der Waals surface area contributed by atoms with Gasteiger partial charge in [-0.25, -0.2) is 0 Å². The quantitative estimate of drug-likeness (QED) is 0.286. The van der Waals surface area contributed by atoms with Gasteiger partial charge in [0.05, 0.1) is 0 Å². The first-order chi connectivity index (χ1) is 3.27. The second-order valence-electron chi connectivity index (χ2n) is 1.46. The second-order valence-corrected chi connectivity index (χ2v) is 3.65. The number of hydrogen-bond donors (Lipinski definition) is 0. The first-order valence-corrected chi connectivity index (χ1v) is 4.45. The molecule has 0 spiro atoms. The monoisotopic (exact) mass is 216 g/mol. The van der Waals surface area contributed by atoms with E-state index in [0.717, 1.165) is 4.55 Å². The Hall–Kier alpha value is 0.650. The Balaban J connectivity index is 2.68. The van der Waals surface area contributed by atoms with E-state index < -0.39 is 0 Å². The van der Waals surface area contributed by atoms with E-state index in [1.165, 1.54) is 0 Å². The fourth-order valence-electron chi connectivity index (χ4n) is 0.146. The van der Waals surface area contributed by atoms with Crippen LogP contribution >= 0.6 is 0 Å². The van der Waals surface area contributed by atoms with E-state index in [2.05, 4.69) is 19.0 Å². The minimum absolute atomic E-state index is 0.0136. The molecule has 0 aliphatic rings. The number of alkyl halides is 1. The van der Waals surface area contributed by atoms with Gasteiger partial charge in [0, 0.05) is 0 Å². The van der Waals surface area contributed by atoms with Crippen LogP contribution in [0.5, 0.6) is 0 Å². The molecule has 0 aliphatic heterocycles. The van der Waals surface area contributed by atoms with E-state index in [1.54, 1.807) is 7.11 Å². The van der Waals surface area contributed by atoms with Crippen molar-refractivity contribution in [2.24, 2.45) is 0 Å². The average molecular weight is 216 g/mol. The van der Waals surface area contributed by atoms with E-state index in [9.17, 15) is 0 Å². The summed E-state index contributed by atoms with van der Waals surface area (Å²) in [7, 11) is 5.87. The van der Waals surface area contributed by atoms with Crippen molar-refractivity contribution in [1.82, 2.24) is 4.90 Å². The van der Waals surface area contributed by atoms with E-state index in [1.807, 2.05) is 0 Å². The number of nitrogens with zero attached hydrogens (tertiary/aromatic N) is 1. The van der Waals surface area contributed by atoms with Crippen LogP contribution in [0.25, 0.3) is 0 Å². The Bertz CT molecular complexity index is 40.7. The van der Waals surface area contributed by atoms with Gasteiger partial charge in [-0.1, -0.05) is 0 Å². The number of hydrogen-bond acceptors (Lipinski definition) is 2. The number of halogens is 1. The normalized spacial score (nSPS) is 10.9. The van der Waals surface area contributed by atoms with E-state index in [0.29, 0.717) is 0 Å². The molecule has 3 heteroatoms. The summed E-state index contributed by atoms with van der Waals surface area (Å²) in [5, 5.41) is 0. The van der Waals surface area contributed by atoms with Crippen LogP contribution in [0, 0.1) is 0 Å². The van der Waals surface area contributed by atoms with Gasteiger partial charge in [0.15, 0.2) is 0 Å². The van der Waals surface area contributed by atoms with Gasteiger partial charge in [-0.15, -0.1) is 0 Å². The van der Waals surface area contributed by atoms with Crippen molar-refractivity contribution >= 4 is 0 Å². The van der Waals surface area contributed by atoms with Crippen LogP contribution in [-0.4, -0.2) is 30.7 Å². The van der Waals surface area contributed by atoms with Gasteiger partial charge in [-0.05, 0) is 0 Å². The van der Waals surface area contributed by atoms with Gasteiger partial charge in [-0.2, -0.15) is 0 Å². The SMILES string of the molecule is CO[I-]CN(C)C. The van der Waals surface area contributed by atoms with Crippen LogP contribution in [0.1, 0.15) is 0 Å². The molecule has 0 aliphatic carbocycles. The van der Waals surface area contributed by atoms with Crippen molar-refractivity contribution in [1.29, 1.82) is 0 Å². The van der Waals surface area contributed by atoms with Crippen molar-refractivity contribution in [2.75, 3.05) is 25.8 Å². The standard InChI is InChI=1S/C4H11INO/c1-6(2)4-5-7-3/h4H2,1-3H3/q-1. The third-order valence-corrected chi connectivity index (χ3v) is 2.66. The van der Waals surface area contributed by atoms with Crippen molar-refractivity contribution < 1.29 is 24.7 Å². The molecular formula is C4H11INO-. The summed E-state index contributed by atoms with van der Waals surface area (Å²) in [6.45, 7) is 0. The molecule has 0 saturated heterocycles. The molecule has 0 saturated carbocycles. The third kappa shape index (κ3) is 6.65. The van der Waals surface area contributed by atoms with Crippen molar-refractivity contribution in [3.05, 3.63) is 0 Å². The van der Waals surface area contributed by atoms with Crippen LogP contribution in [0.3, 0.4) is 0 Å². The zero-order valence-corrected chi connectivity index (χ0v) is 7.10. The van der Waals surface area contributed by atoms with Gasteiger partial charge >= 0.3 is 55.3 Å². The predicted molar refractivity (Wildman–Crippen MR) is 25.6 cm³/mol. The zero-order chi connectivity index (χ0) is 5.70. The fourth-order valence-corrected chi connectivity index (χ4v) is 0.982. The molecule has 0 unspecified atom stereocenters. The summed E-state index contributed by atoms with van der Waals surface area (Å²) in [6.07, 6.45) is 0. The summed E-state index contributed by atoms with van der Waals surface area (Å²) >= 11 is 0.0136. The van der Waals surface area contributed by atoms with Gasteiger partial charge in [-0.3, -0.25) is 0 Å². The molecule has 0 heterocycles. The van der Waals surface area contributed by atoms with Crippen LogP contribution in [0.15, 0.2) is 0 Å². The average Bonchev–Trinajstić information content (AvgIpc) is 1.61. The van der Waals surface area contributed by atoms with Crippen LogP contribution in [0.4, 0.5) is 0 Å². The third-order valence-electron chi connectivity index (χ3n) is 0.397. The van der Waals surface area contributed by atoms with Crippen molar-refractivity contribution in [3.8, 4) is 0 Å². The Morgan fingerprint density at radius 3 is 2.29 bits per heavy atom. The maximum absolute atomic E-state index is 4.92. The Kier molecular flexibility index (Phi) is 5.25. The van der Waals surface area contributed by atoms with Crippen LogP contribution in [-0.2, 0) is 3.07 Å². The Labute approximate surface area is 55.6 Å². The van der Waals surface area contributed by atoms with Gasteiger partial charge in [0.25, 0.3) is 0 Å². The van der Waals surface area contributed by atoms with E-state index in [-0.39, 0.29) is 21.6 Å². The molecule has 0 bridgehead atoms. The molecule has 0 rings (SSSR count). The number of rotatable bonds is 3. The van der Waals surface area contributed by atoms with Gasteiger partial charge in [0.2, 0.25) is 0 Å². The van der Waals surface area contributed by atoms with Crippen LogP contribution < -0.4 is 21.6 Å². The molecule has 0 amide bonds. The molecule has 7 heavy (non-hydrogen) atoms. The predicted octanol–water partition coefficient (Wildman–Crippen LogP) is -2.84. The van der Waals surface area contributed by atoms with Crippen LogP contribution in [0.2, 0.25) is 0 Å². The first kappa shape index (κ1) is 7.65. The summed E-state index contributed by atoms with van der Waals surface area (Å²) in [4.78, 5) is 2.14. The minimum atomic E-state index is 0.0136.